The van der Waals surface area contributed by atoms with Crippen molar-refractivity contribution in [2.75, 3.05) is 13.1 Å². The molecule has 0 aromatic heterocycles. The number of nitrogens with zero attached hydrogens (tertiary/aromatic N) is 2. The van der Waals surface area contributed by atoms with Gasteiger partial charge in [0, 0.05) is 18.5 Å². The van der Waals surface area contributed by atoms with E-state index in [2.05, 4.69) is 11.3 Å². The number of hydrogen-bond donors (Lipinski definition) is 0. The van der Waals surface area contributed by atoms with Gasteiger partial charge in [-0.05, 0) is 54.4 Å². The number of amides is 1. The molecular weight excluding hydrogens is 300 g/mol. The van der Waals surface area contributed by atoms with Crippen LogP contribution in [-0.2, 0) is 16.1 Å². The number of carbonyl (C=O) groups is 1. The Hall–Kier alpha value is -0.750. The highest BCUT2D eigenvalue weighted by atomic mass is 32.2. The van der Waals surface area contributed by atoms with Crippen molar-refractivity contribution >= 4 is 23.7 Å². The summed E-state index contributed by atoms with van der Waals surface area (Å²) in [5, 5.41) is 0. The average molecular weight is 330 g/mol. The predicted octanol–water partition coefficient (Wildman–Crippen LogP) is 3.56. The monoisotopic (exact) mass is 330 g/mol. The number of likely N-dealkylation sites (tertiary alicyclic amines) is 1. The van der Waals surface area contributed by atoms with Gasteiger partial charge in [0.15, 0.2) is 0 Å². The van der Waals surface area contributed by atoms with Gasteiger partial charge in [0.2, 0.25) is 0 Å². The van der Waals surface area contributed by atoms with E-state index in [1.54, 1.807) is 4.90 Å². The van der Waals surface area contributed by atoms with Crippen LogP contribution in [0.25, 0.3) is 0 Å². The van der Waals surface area contributed by atoms with Crippen LogP contribution in [0.4, 0.5) is 4.79 Å². The Labute approximate surface area is 137 Å². The third kappa shape index (κ3) is 6.16. The lowest BCUT2D eigenvalue weighted by Crippen LogP contribution is -2.45. The van der Waals surface area contributed by atoms with Gasteiger partial charge in [-0.1, -0.05) is 11.3 Å². The highest BCUT2D eigenvalue weighted by Crippen LogP contribution is 2.30. The Balaban J connectivity index is 2.57. The van der Waals surface area contributed by atoms with Crippen molar-refractivity contribution < 1.29 is 14.1 Å². The normalized spacial score (nSPS) is 21.0. The second-order valence-electron chi connectivity index (χ2n) is 8.22. The molecule has 0 N–H and O–H groups in total. The molecule has 0 aromatic rings. The molecule has 0 bridgehead atoms. The fourth-order valence-corrected chi connectivity index (χ4v) is 2.66. The summed E-state index contributed by atoms with van der Waals surface area (Å²) in [7, 11) is 0. The van der Waals surface area contributed by atoms with Crippen LogP contribution in [0.15, 0.2) is 4.40 Å². The molecule has 1 aliphatic rings. The van der Waals surface area contributed by atoms with Crippen LogP contribution in [-0.4, -0.2) is 45.2 Å². The molecule has 1 heterocycles. The molecule has 0 radical (unpaired) electrons. The number of carbonyl (C=O) groups excluding carboxylic acids is 1. The molecule has 1 rings (SSSR count). The molecule has 1 saturated heterocycles. The van der Waals surface area contributed by atoms with Crippen molar-refractivity contribution in [3.05, 3.63) is 0 Å². The first kappa shape index (κ1) is 19.3. The summed E-state index contributed by atoms with van der Waals surface area (Å²) in [5.41, 5.74) is -0.581. The molecule has 5 nitrogen and oxygen atoms in total. The highest BCUT2D eigenvalue weighted by molar-refractivity contribution is 7.91. The van der Waals surface area contributed by atoms with E-state index in [1.165, 1.54) is 0 Å². The molecule has 1 atom stereocenters. The summed E-state index contributed by atoms with van der Waals surface area (Å²) in [6, 6.07) is 0. The minimum atomic E-state index is -1.23. The lowest BCUT2D eigenvalue weighted by molar-refractivity contribution is 0.0168. The largest absolute Gasteiger partial charge is 0.591 e. The standard InChI is InChI=1S/C16H30N2O3S/c1-14(2,3)21-13(19)18-10-8-16(7,9-11-18)12-17-22(20)15(4,5)6/h12H,8-11H2,1-7H3/b17-12+. The van der Waals surface area contributed by atoms with E-state index >= 15 is 0 Å². The summed E-state index contributed by atoms with van der Waals surface area (Å²) in [5.74, 6) is 0. The zero-order valence-corrected chi connectivity index (χ0v) is 15.7. The van der Waals surface area contributed by atoms with Gasteiger partial charge < -0.3 is 14.2 Å². The molecule has 0 aliphatic carbocycles. The molecular formula is C16H30N2O3S. The van der Waals surface area contributed by atoms with Crippen molar-refractivity contribution in [3.63, 3.8) is 0 Å². The predicted molar refractivity (Wildman–Crippen MR) is 91.5 cm³/mol. The van der Waals surface area contributed by atoms with E-state index in [0.29, 0.717) is 13.1 Å². The lowest BCUT2D eigenvalue weighted by atomic mass is 9.82. The Morgan fingerprint density at radius 1 is 1.23 bits per heavy atom. The molecule has 1 aliphatic heterocycles. The van der Waals surface area contributed by atoms with Crippen molar-refractivity contribution in [2.24, 2.45) is 9.81 Å². The summed E-state index contributed by atoms with van der Waals surface area (Å²) >= 11 is -1.23. The molecule has 128 valence electrons. The first-order valence-corrected chi connectivity index (χ1v) is 8.88. The minimum Gasteiger partial charge on any atom is -0.591 e. The first-order chi connectivity index (χ1) is 9.82. The third-order valence-corrected chi connectivity index (χ3v) is 4.89. The van der Waals surface area contributed by atoms with Crippen molar-refractivity contribution in [1.82, 2.24) is 4.90 Å². The van der Waals surface area contributed by atoms with Gasteiger partial charge in [-0.2, -0.15) is 0 Å². The number of piperidine rings is 1. The van der Waals surface area contributed by atoms with E-state index < -0.39 is 17.0 Å². The van der Waals surface area contributed by atoms with Crippen LogP contribution in [0.2, 0.25) is 0 Å². The fraction of sp³-hybridized carbons (Fsp3) is 0.875. The van der Waals surface area contributed by atoms with Gasteiger partial charge in [-0.15, -0.1) is 0 Å². The number of hydrogen-bond acceptors (Lipinski definition) is 4. The number of ether oxygens (including phenoxy) is 1. The molecule has 22 heavy (non-hydrogen) atoms. The Kier molecular flexibility index (Phi) is 5.95. The molecule has 1 amide bonds. The molecule has 1 fully saturated rings. The van der Waals surface area contributed by atoms with Crippen LogP contribution in [0.1, 0.15) is 61.3 Å². The van der Waals surface area contributed by atoms with Crippen molar-refractivity contribution in [1.29, 1.82) is 0 Å². The van der Waals surface area contributed by atoms with Crippen LogP contribution in [0.3, 0.4) is 0 Å². The second-order valence-corrected chi connectivity index (χ2v) is 10.2. The number of rotatable bonds is 2. The smallest absolute Gasteiger partial charge is 0.410 e. The topological polar surface area (TPSA) is 65.0 Å². The summed E-state index contributed by atoms with van der Waals surface area (Å²) in [6.45, 7) is 14.7. The Bertz CT molecular complexity index is 416. The fourth-order valence-electron chi connectivity index (χ4n) is 1.99. The van der Waals surface area contributed by atoms with Gasteiger partial charge in [-0.25, -0.2) is 4.79 Å². The highest BCUT2D eigenvalue weighted by Gasteiger charge is 2.34. The Morgan fingerprint density at radius 2 is 1.73 bits per heavy atom. The van der Waals surface area contributed by atoms with E-state index in [9.17, 15) is 9.35 Å². The molecule has 6 heteroatoms. The van der Waals surface area contributed by atoms with E-state index in [4.69, 9.17) is 4.74 Å². The molecule has 0 aromatic carbocycles. The van der Waals surface area contributed by atoms with Crippen LogP contribution in [0.5, 0.6) is 0 Å². The zero-order valence-electron chi connectivity index (χ0n) is 14.9. The van der Waals surface area contributed by atoms with E-state index in [-0.39, 0.29) is 16.3 Å². The third-order valence-electron chi connectivity index (χ3n) is 3.54. The zero-order chi connectivity index (χ0) is 17.2. The average Bonchev–Trinajstić information content (AvgIpc) is 2.33. The summed E-state index contributed by atoms with van der Waals surface area (Å²) < 4.78 is 21.3. The molecule has 0 spiro atoms. The van der Waals surface area contributed by atoms with Crippen molar-refractivity contribution in [3.8, 4) is 0 Å². The van der Waals surface area contributed by atoms with Gasteiger partial charge in [0.05, 0.1) is 6.21 Å². The van der Waals surface area contributed by atoms with E-state index in [1.807, 2.05) is 47.8 Å². The minimum absolute atomic E-state index is 0.112. The van der Waals surface area contributed by atoms with Gasteiger partial charge in [0.25, 0.3) is 0 Å². The van der Waals surface area contributed by atoms with Crippen LogP contribution < -0.4 is 0 Å². The second kappa shape index (κ2) is 6.79. The maximum atomic E-state index is 12.0. The molecule has 0 saturated carbocycles. The van der Waals surface area contributed by atoms with Gasteiger partial charge >= 0.3 is 6.09 Å². The van der Waals surface area contributed by atoms with E-state index in [0.717, 1.165) is 12.8 Å². The Morgan fingerprint density at radius 3 is 2.14 bits per heavy atom. The van der Waals surface area contributed by atoms with Gasteiger partial charge in [-0.3, -0.25) is 0 Å². The summed E-state index contributed by atoms with van der Waals surface area (Å²) in [6.07, 6.45) is 3.17. The lowest BCUT2D eigenvalue weighted by Gasteiger charge is -2.37. The van der Waals surface area contributed by atoms with Crippen LogP contribution in [0, 0.1) is 5.41 Å². The maximum Gasteiger partial charge on any atom is 0.410 e. The maximum absolute atomic E-state index is 12.0. The van der Waals surface area contributed by atoms with Gasteiger partial charge in [0.1, 0.15) is 21.7 Å². The first-order valence-electron chi connectivity index (χ1n) is 7.78. The molecule has 1 unspecified atom stereocenters. The quantitative estimate of drug-likeness (QED) is 0.574. The summed E-state index contributed by atoms with van der Waals surface area (Å²) in [4.78, 5) is 13.8. The van der Waals surface area contributed by atoms with Crippen LogP contribution >= 0.6 is 0 Å². The SMILES string of the molecule is CC1(/C=N/[S+]([O-])C(C)(C)C)CCN(C(=O)OC(C)(C)C)CC1. The van der Waals surface area contributed by atoms with Crippen molar-refractivity contribution in [2.45, 2.75) is 71.7 Å².